The minimum absolute atomic E-state index is 0.279. The molecule has 1 aromatic carbocycles. The van der Waals surface area contributed by atoms with Crippen LogP contribution in [0.1, 0.15) is 66.7 Å². The Hall–Kier alpha value is -3.90. The van der Waals surface area contributed by atoms with Crippen LogP contribution in [0.4, 0.5) is 11.6 Å². The molecule has 1 aliphatic carbocycles. The van der Waals surface area contributed by atoms with Crippen LogP contribution in [0.5, 0.6) is 5.88 Å². The Balaban J connectivity index is 1.12. The fraction of sp³-hybridized carbons (Fsp3) is 0.452. The molecule has 3 aliphatic rings. The largest absolute Gasteiger partial charge is 0.493 e. The van der Waals surface area contributed by atoms with Crippen LogP contribution in [0.3, 0.4) is 0 Å². The second kappa shape index (κ2) is 11.0. The average Bonchev–Trinajstić information content (AvgIpc) is 3.63. The molecule has 7 rings (SSSR count). The van der Waals surface area contributed by atoms with Crippen molar-refractivity contribution in [1.82, 2.24) is 23.9 Å². The lowest BCUT2D eigenvalue weighted by atomic mass is 9.74. The van der Waals surface area contributed by atoms with E-state index >= 15 is 0 Å². The summed E-state index contributed by atoms with van der Waals surface area (Å²) in [6, 6.07) is 5.92. The standard InChI is InChI=1S/C31H36N8O3S/c1-19-20(35-27(40)25-28(41)36-24-9-2-3-14-38(24)29(25)42)6-4-7-21(19)43-22-18-34-30(39-17-13-33-26(22)39)37-15-11-31(12-16-37)10-5-8-23(31)32/h4,6-7,13,17-18,23,41H,2-3,5,8-12,14-16,32H2,1H3,(H,35,40)/t23-/m0/s1. The first kappa shape index (κ1) is 27.9. The van der Waals surface area contributed by atoms with Crippen molar-refractivity contribution in [3.63, 3.8) is 0 Å². The van der Waals surface area contributed by atoms with Crippen molar-refractivity contribution in [1.29, 1.82) is 0 Å². The molecule has 2 aliphatic heterocycles. The number of aromatic hydroxyl groups is 1. The van der Waals surface area contributed by atoms with Gasteiger partial charge in [-0.3, -0.25) is 18.6 Å². The van der Waals surface area contributed by atoms with Gasteiger partial charge in [-0.15, -0.1) is 0 Å². The van der Waals surface area contributed by atoms with Gasteiger partial charge in [-0.05, 0) is 68.6 Å². The number of amides is 1. The summed E-state index contributed by atoms with van der Waals surface area (Å²) >= 11 is 1.52. The molecular weight excluding hydrogens is 564 g/mol. The third-order valence-corrected chi connectivity index (χ3v) is 10.8. The summed E-state index contributed by atoms with van der Waals surface area (Å²) in [6.45, 7) is 4.27. The Labute approximate surface area is 253 Å². The van der Waals surface area contributed by atoms with Gasteiger partial charge in [0.05, 0.1) is 4.90 Å². The molecule has 0 bridgehead atoms. The third kappa shape index (κ3) is 4.86. The van der Waals surface area contributed by atoms with Crippen molar-refractivity contribution in [3.05, 3.63) is 64.1 Å². The fourth-order valence-corrected chi connectivity index (χ4v) is 8.05. The Bertz CT molecular complexity index is 1770. The van der Waals surface area contributed by atoms with Gasteiger partial charge >= 0.3 is 0 Å². The van der Waals surface area contributed by atoms with Gasteiger partial charge in [0.2, 0.25) is 11.8 Å². The molecule has 1 saturated heterocycles. The summed E-state index contributed by atoms with van der Waals surface area (Å²) in [4.78, 5) is 44.1. The van der Waals surface area contributed by atoms with E-state index in [-0.39, 0.29) is 11.0 Å². The van der Waals surface area contributed by atoms with E-state index in [4.69, 9.17) is 10.7 Å². The highest BCUT2D eigenvalue weighted by Crippen LogP contribution is 2.46. The molecule has 11 nitrogen and oxygen atoms in total. The number of anilines is 2. The maximum Gasteiger partial charge on any atom is 0.270 e. The molecule has 4 N–H and O–H groups in total. The molecule has 0 unspecified atom stereocenters. The number of aromatic nitrogens is 5. The highest BCUT2D eigenvalue weighted by atomic mass is 32.2. The Morgan fingerprint density at radius 1 is 1.12 bits per heavy atom. The summed E-state index contributed by atoms with van der Waals surface area (Å²) in [5, 5.41) is 13.3. The molecule has 1 amide bonds. The van der Waals surface area contributed by atoms with Crippen molar-refractivity contribution >= 4 is 35.0 Å². The number of rotatable bonds is 5. The number of nitrogens with one attached hydrogen (secondary N) is 1. The molecule has 1 atom stereocenters. The lowest BCUT2D eigenvalue weighted by Gasteiger charge is -2.42. The first-order chi connectivity index (χ1) is 20.8. The third-order valence-electron chi connectivity index (χ3n) is 9.63. The van der Waals surface area contributed by atoms with E-state index in [2.05, 4.69) is 24.6 Å². The zero-order chi connectivity index (χ0) is 29.7. The highest BCUT2D eigenvalue weighted by Gasteiger charge is 2.43. The molecule has 4 aromatic rings. The lowest BCUT2D eigenvalue weighted by Crippen LogP contribution is -2.47. The van der Waals surface area contributed by atoms with Crippen LogP contribution < -0.4 is 21.5 Å². The number of fused-ring (bicyclic) bond motifs is 2. The molecular formula is C31H36N8O3S. The molecule has 12 heteroatoms. The lowest BCUT2D eigenvalue weighted by molar-refractivity contribution is 0.102. The molecule has 5 heterocycles. The zero-order valence-electron chi connectivity index (χ0n) is 24.3. The number of carbonyl (C=O) groups is 1. The molecule has 2 fully saturated rings. The molecule has 0 radical (unpaired) electrons. The van der Waals surface area contributed by atoms with Crippen LogP contribution in [-0.4, -0.2) is 54.1 Å². The number of aryl methyl sites for hydroxylation is 1. The minimum atomic E-state index is -0.676. The number of carbonyl (C=O) groups excluding carboxylic acids is 1. The van der Waals surface area contributed by atoms with Gasteiger partial charge in [-0.1, -0.05) is 24.2 Å². The van der Waals surface area contributed by atoms with Gasteiger partial charge in [0.15, 0.2) is 11.2 Å². The monoisotopic (exact) mass is 600 g/mol. The van der Waals surface area contributed by atoms with Gasteiger partial charge in [-0.2, -0.15) is 4.98 Å². The molecule has 43 heavy (non-hydrogen) atoms. The van der Waals surface area contributed by atoms with Crippen LogP contribution in [0.2, 0.25) is 0 Å². The summed E-state index contributed by atoms with van der Waals surface area (Å²) in [6.07, 6.45) is 13.7. The van der Waals surface area contributed by atoms with Crippen molar-refractivity contribution in [3.8, 4) is 5.88 Å². The Morgan fingerprint density at radius 2 is 1.95 bits per heavy atom. The van der Waals surface area contributed by atoms with Gasteiger partial charge in [0, 0.05) is 61.3 Å². The van der Waals surface area contributed by atoms with E-state index in [0.717, 1.165) is 72.1 Å². The molecule has 224 valence electrons. The fourth-order valence-electron chi connectivity index (χ4n) is 7.05. The SMILES string of the molecule is Cc1c(NC(=O)c2c(O)nc3n(c2=O)CCCC3)cccc1Sc1cnc(N2CCC3(CCC[C@@H]3N)CC2)n2ccnc12. The first-order valence-electron chi connectivity index (χ1n) is 15.1. The zero-order valence-corrected chi connectivity index (χ0v) is 25.1. The van der Waals surface area contributed by atoms with E-state index in [0.29, 0.717) is 30.5 Å². The maximum atomic E-state index is 13.2. The van der Waals surface area contributed by atoms with Crippen LogP contribution in [0.15, 0.2) is 51.4 Å². The highest BCUT2D eigenvalue weighted by molar-refractivity contribution is 7.99. The van der Waals surface area contributed by atoms with Gasteiger partial charge in [-0.25, -0.2) is 9.97 Å². The van der Waals surface area contributed by atoms with E-state index in [1.54, 1.807) is 12.3 Å². The predicted octanol–water partition coefficient (Wildman–Crippen LogP) is 4.14. The summed E-state index contributed by atoms with van der Waals surface area (Å²) in [5.41, 5.74) is 8.14. The van der Waals surface area contributed by atoms with Crippen molar-refractivity contribution < 1.29 is 9.90 Å². The normalized spacial score (nSPS) is 19.6. The van der Waals surface area contributed by atoms with Crippen molar-refractivity contribution in [2.45, 2.75) is 80.7 Å². The van der Waals surface area contributed by atoms with Gasteiger partial charge in [0.1, 0.15) is 5.82 Å². The average molecular weight is 601 g/mol. The topological polar surface area (TPSA) is 144 Å². The molecule has 3 aromatic heterocycles. The quantitative estimate of drug-likeness (QED) is 0.308. The minimum Gasteiger partial charge on any atom is -0.493 e. The van der Waals surface area contributed by atoms with Crippen molar-refractivity contribution in [2.24, 2.45) is 11.1 Å². The van der Waals surface area contributed by atoms with Crippen LogP contribution in [0.25, 0.3) is 5.65 Å². The summed E-state index contributed by atoms with van der Waals surface area (Å²) < 4.78 is 3.55. The predicted molar refractivity (Wildman–Crippen MR) is 165 cm³/mol. The van der Waals surface area contributed by atoms with Crippen LogP contribution in [-0.2, 0) is 13.0 Å². The number of hydrogen-bond donors (Lipinski definition) is 3. The second-order valence-corrected chi connectivity index (χ2v) is 13.1. The smallest absolute Gasteiger partial charge is 0.270 e. The number of hydrogen-bond acceptors (Lipinski definition) is 9. The van der Waals surface area contributed by atoms with E-state index in [1.165, 1.54) is 29.2 Å². The van der Waals surface area contributed by atoms with E-state index in [1.807, 2.05) is 31.5 Å². The van der Waals surface area contributed by atoms with Gasteiger partial charge < -0.3 is 21.1 Å². The molecule has 1 saturated carbocycles. The Morgan fingerprint density at radius 3 is 2.74 bits per heavy atom. The first-order valence-corrected chi connectivity index (χ1v) is 15.9. The number of nitrogens with two attached hydrogens (primary N) is 1. The van der Waals surface area contributed by atoms with E-state index in [9.17, 15) is 14.7 Å². The number of piperidine rings is 1. The molecule has 1 spiro atoms. The summed E-state index contributed by atoms with van der Waals surface area (Å²) in [7, 11) is 0. The van der Waals surface area contributed by atoms with Gasteiger partial charge in [0.25, 0.3) is 11.5 Å². The number of nitrogens with zero attached hydrogens (tertiary/aromatic N) is 6. The van der Waals surface area contributed by atoms with Crippen molar-refractivity contribution in [2.75, 3.05) is 23.3 Å². The van der Waals surface area contributed by atoms with Crippen LogP contribution in [0, 0.1) is 12.3 Å². The second-order valence-electron chi connectivity index (χ2n) is 12.0. The number of benzene rings is 1. The number of imidazole rings is 1. The summed E-state index contributed by atoms with van der Waals surface area (Å²) in [5.74, 6) is 0.208. The maximum absolute atomic E-state index is 13.2. The van der Waals surface area contributed by atoms with Crippen LogP contribution >= 0.6 is 11.8 Å². The van der Waals surface area contributed by atoms with E-state index < -0.39 is 17.3 Å². The Kier molecular flexibility index (Phi) is 7.13.